The second-order valence-electron chi connectivity index (χ2n) is 18.8. The number of aliphatic hydroxyl groups is 1. The van der Waals surface area contributed by atoms with Crippen LogP contribution in [0, 0.1) is 50.2 Å². The van der Waals surface area contributed by atoms with Gasteiger partial charge in [-0.3, -0.25) is 9.59 Å². The zero-order valence-electron chi connectivity index (χ0n) is 32.2. The van der Waals surface area contributed by atoms with Gasteiger partial charge in [0.1, 0.15) is 11.5 Å². The Balaban J connectivity index is 1.28. The first kappa shape index (κ1) is 36.6. The summed E-state index contributed by atoms with van der Waals surface area (Å²) in [6, 6.07) is 20.5. The fourth-order valence-electron chi connectivity index (χ4n) is 12.9. The number of hydrogen-bond acceptors (Lipinski definition) is 6. The zero-order valence-corrected chi connectivity index (χ0v) is 32.2. The number of ketones is 1. The van der Waals surface area contributed by atoms with Crippen molar-refractivity contribution < 1.29 is 28.9 Å². The highest BCUT2D eigenvalue weighted by Crippen LogP contribution is 2.76. The van der Waals surface area contributed by atoms with Crippen LogP contribution in [0.2, 0.25) is 0 Å². The van der Waals surface area contributed by atoms with Gasteiger partial charge in [-0.05, 0) is 89.6 Å². The molecule has 0 aromatic heterocycles. The molecule has 51 heavy (non-hydrogen) atoms. The molecule has 0 amide bonds. The first-order valence-corrected chi connectivity index (χ1v) is 19.4. The summed E-state index contributed by atoms with van der Waals surface area (Å²) in [6.07, 6.45) is 6.68. The van der Waals surface area contributed by atoms with Crippen molar-refractivity contribution in [3.05, 3.63) is 83.4 Å². The average molecular weight is 697 g/mol. The molecule has 0 aliphatic heterocycles. The third-order valence-corrected chi connectivity index (χ3v) is 15.7. The number of Topliss-reactive ketones (excluding diaryl/α,β-unsaturated/α-hetero) is 1. The SMILES string of the molecule is COC(=O)[C@@]12C(CC(C)(C)C(=O)[C@@H]1O)C1=CCC3[C@@]4(C)CC[C@H](OCc5ccccc5)C(C)(C)C4CC[C@@]3(C)[C@]1(C)C[C@H]2OCc1ccccc1. The lowest BCUT2D eigenvalue weighted by atomic mass is 9.33. The Morgan fingerprint density at radius 1 is 0.784 bits per heavy atom. The summed E-state index contributed by atoms with van der Waals surface area (Å²) in [6.45, 7) is 17.2. The Kier molecular flexibility index (Phi) is 9.08. The minimum Gasteiger partial charge on any atom is -0.468 e. The lowest BCUT2D eigenvalue weighted by Crippen LogP contribution is -2.72. The molecule has 4 saturated carbocycles. The van der Waals surface area contributed by atoms with E-state index >= 15 is 0 Å². The number of allylic oxidation sites excluding steroid dienone is 2. The molecule has 10 atom stereocenters. The Morgan fingerprint density at radius 3 is 1.96 bits per heavy atom. The van der Waals surface area contributed by atoms with Crippen molar-refractivity contribution in [3.63, 3.8) is 0 Å². The van der Waals surface area contributed by atoms with Gasteiger partial charge in [-0.25, -0.2) is 0 Å². The molecule has 0 radical (unpaired) electrons. The number of carbonyl (C=O) groups excluding carboxylic acids is 2. The third-order valence-electron chi connectivity index (χ3n) is 15.7. The number of rotatable bonds is 7. The molecule has 0 heterocycles. The van der Waals surface area contributed by atoms with E-state index in [0.29, 0.717) is 31.3 Å². The lowest BCUT2D eigenvalue weighted by Gasteiger charge is -2.72. The molecule has 0 saturated heterocycles. The number of esters is 1. The minimum atomic E-state index is -1.52. The van der Waals surface area contributed by atoms with E-state index in [0.717, 1.165) is 37.7 Å². The molecule has 0 spiro atoms. The summed E-state index contributed by atoms with van der Waals surface area (Å²) in [4.78, 5) is 28.2. The van der Waals surface area contributed by atoms with Crippen LogP contribution in [0.4, 0.5) is 0 Å². The summed E-state index contributed by atoms with van der Waals surface area (Å²) in [5.41, 5.74) is 0.858. The van der Waals surface area contributed by atoms with Crippen molar-refractivity contribution >= 4 is 11.8 Å². The van der Waals surface area contributed by atoms with E-state index in [1.807, 2.05) is 44.2 Å². The van der Waals surface area contributed by atoms with Gasteiger partial charge >= 0.3 is 5.97 Å². The summed E-state index contributed by atoms with van der Waals surface area (Å²) in [5.74, 6) is -0.289. The van der Waals surface area contributed by atoms with E-state index in [9.17, 15) is 14.7 Å². The molecule has 3 unspecified atom stereocenters. The van der Waals surface area contributed by atoms with Gasteiger partial charge < -0.3 is 19.3 Å². The van der Waals surface area contributed by atoms with Crippen molar-refractivity contribution in [2.24, 2.45) is 50.2 Å². The molecule has 6 nitrogen and oxygen atoms in total. The predicted molar refractivity (Wildman–Crippen MR) is 198 cm³/mol. The highest BCUT2D eigenvalue weighted by Gasteiger charge is 2.75. The van der Waals surface area contributed by atoms with Crippen LogP contribution in [0.15, 0.2) is 72.3 Å². The molecule has 5 aliphatic carbocycles. The molecule has 6 heteroatoms. The van der Waals surface area contributed by atoms with Gasteiger partial charge in [0.2, 0.25) is 0 Å². The fourth-order valence-corrected chi connectivity index (χ4v) is 12.9. The molecule has 1 N–H and O–H groups in total. The van der Waals surface area contributed by atoms with Crippen LogP contribution in [0.3, 0.4) is 0 Å². The van der Waals surface area contributed by atoms with E-state index in [-0.39, 0.29) is 46.1 Å². The summed E-state index contributed by atoms with van der Waals surface area (Å²) >= 11 is 0. The second kappa shape index (κ2) is 12.7. The maximum absolute atomic E-state index is 14.3. The highest BCUT2D eigenvalue weighted by atomic mass is 16.5. The monoisotopic (exact) mass is 696 g/mol. The van der Waals surface area contributed by atoms with Crippen LogP contribution < -0.4 is 0 Å². The quantitative estimate of drug-likeness (QED) is 0.230. The number of hydrogen-bond donors (Lipinski definition) is 1. The number of aliphatic hydroxyl groups excluding tert-OH is 1. The zero-order chi connectivity index (χ0) is 36.6. The topological polar surface area (TPSA) is 82.1 Å². The number of ether oxygens (including phenoxy) is 3. The van der Waals surface area contributed by atoms with Crippen molar-refractivity contribution in [2.75, 3.05) is 7.11 Å². The fraction of sp³-hybridized carbons (Fsp3) is 0.644. The van der Waals surface area contributed by atoms with E-state index < -0.39 is 29.0 Å². The van der Waals surface area contributed by atoms with Crippen LogP contribution in [0.25, 0.3) is 0 Å². The van der Waals surface area contributed by atoms with Crippen molar-refractivity contribution in [1.82, 2.24) is 0 Å². The maximum atomic E-state index is 14.3. The number of benzene rings is 2. The van der Waals surface area contributed by atoms with Gasteiger partial charge in [0, 0.05) is 11.3 Å². The van der Waals surface area contributed by atoms with Gasteiger partial charge in [0.25, 0.3) is 0 Å². The van der Waals surface area contributed by atoms with Gasteiger partial charge in [0.15, 0.2) is 5.78 Å². The summed E-state index contributed by atoms with van der Waals surface area (Å²) in [5, 5.41) is 12.1. The summed E-state index contributed by atoms with van der Waals surface area (Å²) in [7, 11) is 1.38. The van der Waals surface area contributed by atoms with Crippen LogP contribution in [0.5, 0.6) is 0 Å². The minimum absolute atomic E-state index is 0.0137. The maximum Gasteiger partial charge on any atom is 0.318 e. The van der Waals surface area contributed by atoms with E-state index in [4.69, 9.17) is 14.2 Å². The molecule has 2 aromatic carbocycles. The third kappa shape index (κ3) is 5.28. The Hall–Kier alpha value is -2.80. The first-order valence-electron chi connectivity index (χ1n) is 19.4. The Bertz CT molecular complexity index is 1660. The molecule has 2 aromatic rings. The van der Waals surface area contributed by atoms with Crippen molar-refractivity contribution in [1.29, 1.82) is 0 Å². The molecule has 7 rings (SSSR count). The molecule has 0 bridgehead atoms. The smallest absolute Gasteiger partial charge is 0.318 e. The highest BCUT2D eigenvalue weighted by molar-refractivity contribution is 5.97. The molecule has 5 aliphatic rings. The first-order chi connectivity index (χ1) is 24.1. The second-order valence-corrected chi connectivity index (χ2v) is 18.8. The van der Waals surface area contributed by atoms with E-state index in [1.165, 1.54) is 18.2 Å². The Labute approximate surface area is 305 Å². The van der Waals surface area contributed by atoms with Gasteiger partial charge in [-0.2, -0.15) is 0 Å². The van der Waals surface area contributed by atoms with Crippen molar-refractivity contribution in [2.45, 2.75) is 125 Å². The molecular formula is C45H60O6. The number of carbonyl (C=O) groups is 2. The largest absolute Gasteiger partial charge is 0.468 e. The predicted octanol–water partition coefficient (Wildman–Crippen LogP) is 8.89. The van der Waals surface area contributed by atoms with Crippen LogP contribution >= 0.6 is 0 Å². The standard InChI is InChI=1S/C45H60O6/c1-40(2)25-32-31-19-20-34-42(5)23-22-35(50-27-29-15-11-9-12-16-29)41(3,4)33(42)21-24-43(34,6)44(31,7)26-36(51-28-30-17-13-10-14-18-30)45(32,39(48)49-8)38(47)37(40)46/h9-19,32-36,38,47H,20-28H2,1-8H3/t32?,33?,34?,35-,36+,38-,42-,43+,44+,45+/m0/s1. The van der Waals surface area contributed by atoms with E-state index in [2.05, 4.69) is 71.0 Å². The van der Waals surface area contributed by atoms with Gasteiger partial charge in [-0.1, -0.05) is 121 Å². The molecular weight excluding hydrogens is 636 g/mol. The van der Waals surface area contributed by atoms with Gasteiger partial charge in [0.05, 0.1) is 32.5 Å². The number of fused-ring (bicyclic) bond motifs is 7. The van der Waals surface area contributed by atoms with Crippen LogP contribution in [0.1, 0.15) is 105 Å². The lowest BCUT2D eigenvalue weighted by molar-refractivity contribution is -0.241. The molecule has 4 fully saturated rings. The average Bonchev–Trinajstić information content (AvgIpc) is 3.10. The van der Waals surface area contributed by atoms with Crippen LogP contribution in [-0.2, 0) is 37.0 Å². The van der Waals surface area contributed by atoms with Crippen LogP contribution in [-0.4, -0.2) is 42.3 Å². The van der Waals surface area contributed by atoms with E-state index in [1.54, 1.807) is 0 Å². The van der Waals surface area contributed by atoms with Gasteiger partial charge in [-0.15, -0.1) is 0 Å². The molecule has 276 valence electrons. The number of methoxy groups -OCH3 is 1. The Morgan fingerprint density at radius 2 is 1.37 bits per heavy atom. The normalized spacial score (nSPS) is 40.9. The van der Waals surface area contributed by atoms with Crippen molar-refractivity contribution in [3.8, 4) is 0 Å². The summed E-state index contributed by atoms with van der Waals surface area (Å²) < 4.78 is 19.2.